The van der Waals surface area contributed by atoms with Gasteiger partial charge in [-0.3, -0.25) is 0 Å². The first kappa shape index (κ1) is 18.0. The van der Waals surface area contributed by atoms with E-state index >= 15 is 0 Å². The van der Waals surface area contributed by atoms with E-state index in [1.807, 2.05) is 0 Å². The lowest BCUT2D eigenvalue weighted by Gasteiger charge is -2.09. The van der Waals surface area contributed by atoms with Crippen molar-refractivity contribution in [3.63, 3.8) is 0 Å². The van der Waals surface area contributed by atoms with Gasteiger partial charge >= 0.3 is 6.36 Å². The molecule has 2 heterocycles. The number of aromatic nitrogens is 3. The van der Waals surface area contributed by atoms with E-state index in [1.165, 1.54) is 24.3 Å². The van der Waals surface area contributed by atoms with Gasteiger partial charge in [0.15, 0.2) is 18.9 Å². The van der Waals surface area contributed by atoms with Crippen molar-refractivity contribution in [2.45, 2.75) is 12.9 Å². The van der Waals surface area contributed by atoms with E-state index < -0.39 is 6.36 Å². The van der Waals surface area contributed by atoms with Crippen LogP contribution >= 0.6 is 0 Å². The van der Waals surface area contributed by atoms with Gasteiger partial charge in [-0.1, -0.05) is 24.3 Å². The monoisotopic (exact) mass is 388 g/mol. The second kappa shape index (κ2) is 6.95. The number of halogens is 4. The van der Waals surface area contributed by atoms with Crippen LogP contribution in [0.1, 0.15) is 5.56 Å². The molecule has 0 aliphatic rings. The number of benzene rings is 2. The Morgan fingerprint density at radius 2 is 1.86 bits per heavy atom. The molecule has 4 rings (SSSR count). The van der Waals surface area contributed by atoms with E-state index in [2.05, 4.69) is 14.7 Å². The summed E-state index contributed by atoms with van der Waals surface area (Å²) in [6.07, 6.45) is -1.21. The maximum absolute atomic E-state index is 14.0. The van der Waals surface area contributed by atoms with Gasteiger partial charge in [0.2, 0.25) is 0 Å². The fourth-order valence-electron chi connectivity index (χ4n) is 2.93. The number of fused-ring (bicyclic) bond motifs is 1. The molecule has 0 spiro atoms. The first-order chi connectivity index (χ1) is 13.4. The molecule has 0 radical (unpaired) electrons. The van der Waals surface area contributed by atoms with E-state index in [1.54, 1.807) is 47.3 Å². The molecule has 0 saturated heterocycles. The van der Waals surface area contributed by atoms with Crippen molar-refractivity contribution in [1.82, 2.24) is 9.97 Å². The Hall–Kier alpha value is -3.42. The fraction of sp³-hybridized carbons (Fsp3) is 0.100. The number of H-pyrrole nitrogens is 1. The van der Waals surface area contributed by atoms with E-state index in [-0.39, 0.29) is 11.6 Å². The summed E-state index contributed by atoms with van der Waals surface area (Å²) in [4.78, 5) is 7.47. The van der Waals surface area contributed by atoms with Gasteiger partial charge in [-0.15, -0.1) is 13.2 Å². The van der Waals surface area contributed by atoms with Crippen LogP contribution in [0.3, 0.4) is 0 Å². The highest BCUT2D eigenvalue weighted by Gasteiger charge is 2.31. The van der Waals surface area contributed by atoms with Crippen molar-refractivity contribution < 1.29 is 26.9 Å². The number of alkyl halides is 3. The number of hydrogen-bond donors (Lipinski definition) is 1. The number of nitrogens with one attached hydrogen (secondary N) is 1. The van der Waals surface area contributed by atoms with Crippen LogP contribution in [0.15, 0.2) is 67.0 Å². The smallest absolute Gasteiger partial charge is 0.406 e. The molecule has 0 bridgehead atoms. The lowest BCUT2D eigenvalue weighted by molar-refractivity contribution is -0.687. The van der Waals surface area contributed by atoms with Crippen molar-refractivity contribution >= 4 is 11.0 Å². The minimum Gasteiger partial charge on any atom is -0.406 e. The molecule has 28 heavy (non-hydrogen) atoms. The summed E-state index contributed by atoms with van der Waals surface area (Å²) in [5.74, 6) is -0.239. The summed E-state index contributed by atoms with van der Waals surface area (Å²) in [6.45, 7) is 0.332. The first-order valence-corrected chi connectivity index (χ1v) is 8.36. The topological polar surface area (TPSA) is 41.8 Å². The van der Waals surface area contributed by atoms with E-state index in [4.69, 9.17) is 0 Å². The Balaban J connectivity index is 1.60. The van der Waals surface area contributed by atoms with Crippen molar-refractivity contribution in [3.8, 4) is 17.1 Å². The third-order valence-corrected chi connectivity index (χ3v) is 4.11. The highest BCUT2D eigenvalue weighted by atomic mass is 19.4. The molecule has 8 heteroatoms. The molecule has 2 aromatic carbocycles. The SMILES string of the molecule is Fc1ccccc1-c1nc2cc[n+](Cc3cccc(OC(F)(F)F)c3)cc2[nH]1. The minimum absolute atomic E-state index is 0.268. The summed E-state index contributed by atoms with van der Waals surface area (Å²) in [5.41, 5.74) is 2.34. The fourth-order valence-corrected chi connectivity index (χ4v) is 2.93. The highest BCUT2D eigenvalue weighted by molar-refractivity contribution is 5.77. The second-order valence-corrected chi connectivity index (χ2v) is 6.18. The first-order valence-electron chi connectivity index (χ1n) is 8.36. The number of aromatic amines is 1. The van der Waals surface area contributed by atoms with Gasteiger partial charge in [0.1, 0.15) is 28.4 Å². The molecule has 2 aromatic heterocycles. The number of pyridine rings is 1. The molecule has 0 atom stereocenters. The number of nitrogens with zero attached hydrogens (tertiary/aromatic N) is 2. The molecule has 0 fully saturated rings. The van der Waals surface area contributed by atoms with Gasteiger partial charge in [0.05, 0.1) is 5.56 Å². The van der Waals surface area contributed by atoms with Crippen LogP contribution in [-0.2, 0) is 6.54 Å². The van der Waals surface area contributed by atoms with Gasteiger partial charge in [0, 0.05) is 11.6 Å². The zero-order valence-electron chi connectivity index (χ0n) is 14.4. The normalized spacial score (nSPS) is 11.7. The summed E-state index contributed by atoms with van der Waals surface area (Å²) in [7, 11) is 0. The largest absolute Gasteiger partial charge is 0.573 e. The highest BCUT2D eigenvalue weighted by Crippen LogP contribution is 2.24. The van der Waals surface area contributed by atoms with Gasteiger partial charge < -0.3 is 9.72 Å². The lowest BCUT2D eigenvalue weighted by atomic mass is 10.2. The molecule has 0 unspecified atom stereocenters. The minimum atomic E-state index is -4.73. The quantitative estimate of drug-likeness (QED) is 0.410. The zero-order valence-corrected chi connectivity index (χ0v) is 14.4. The summed E-state index contributed by atoms with van der Waals surface area (Å²) in [6, 6.07) is 13.9. The third kappa shape index (κ3) is 3.95. The Bertz CT molecular complexity index is 1140. The van der Waals surface area contributed by atoms with Crippen LogP contribution in [0.5, 0.6) is 5.75 Å². The van der Waals surface area contributed by atoms with Crippen molar-refractivity contribution in [3.05, 3.63) is 78.4 Å². The van der Waals surface area contributed by atoms with Crippen LogP contribution in [0.2, 0.25) is 0 Å². The predicted octanol–water partition coefficient (Wildman–Crippen LogP) is 4.60. The molecule has 4 nitrogen and oxygen atoms in total. The predicted molar refractivity (Wildman–Crippen MR) is 93.9 cm³/mol. The average Bonchev–Trinajstić information content (AvgIpc) is 3.04. The average molecular weight is 388 g/mol. The van der Waals surface area contributed by atoms with Crippen LogP contribution in [0.4, 0.5) is 17.6 Å². The van der Waals surface area contributed by atoms with E-state index in [0.29, 0.717) is 34.5 Å². The van der Waals surface area contributed by atoms with Crippen LogP contribution in [-0.4, -0.2) is 16.3 Å². The van der Waals surface area contributed by atoms with Crippen molar-refractivity contribution in [2.75, 3.05) is 0 Å². The van der Waals surface area contributed by atoms with Gasteiger partial charge in [-0.05, 0) is 24.3 Å². The summed E-state index contributed by atoms with van der Waals surface area (Å²) >= 11 is 0. The lowest BCUT2D eigenvalue weighted by Crippen LogP contribution is -2.33. The Kier molecular flexibility index (Phi) is 4.46. The number of imidazole rings is 1. The number of hydrogen-bond acceptors (Lipinski definition) is 2. The standard InChI is InChI=1S/C20H13F4N3O/c21-16-7-2-1-6-15(16)19-25-17-8-9-27(12-18(17)26-19)11-13-4-3-5-14(10-13)28-20(22,23)24/h1-10,12H,11H2/p+1. The number of ether oxygens (including phenoxy) is 1. The molecular formula is C20H14F4N3O+. The molecule has 0 aliphatic carbocycles. The summed E-state index contributed by atoms with van der Waals surface area (Å²) < 4.78 is 56.9. The van der Waals surface area contributed by atoms with Gasteiger partial charge in [0.25, 0.3) is 0 Å². The van der Waals surface area contributed by atoms with E-state index in [9.17, 15) is 17.6 Å². The van der Waals surface area contributed by atoms with Gasteiger partial charge in [-0.25, -0.2) is 9.37 Å². The van der Waals surface area contributed by atoms with Gasteiger partial charge in [-0.2, -0.15) is 4.57 Å². The maximum atomic E-state index is 14.0. The third-order valence-electron chi connectivity index (χ3n) is 4.11. The van der Waals surface area contributed by atoms with Crippen LogP contribution < -0.4 is 9.30 Å². The van der Waals surface area contributed by atoms with E-state index in [0.717, 1.165) is 0 Å². The Labute approximate surface area is 157 Å². The number of rotatable bonds is 4. The maximum Gasteiger partial charge on any atom is 0.573 e. The molecule has 1 N–H and O–H groups in total. The Morgan fingerprint density at radius 3 is 2.64 bits per heavy atom. The molecule has 0 saturated carbocycles. The Morgan fingerprint density at radius 1 is 1.04 bits per heavy atom. The molecule has 0 aliphatic heterocycles. The molecular weight excluding hydrogens is 374 g/mol. The van der Waals surface area contributed by atoms with Crippen LogP contribution in [0.25, 0.3) is 22.4 Å². The molecule has 0 amide bonds. The van der Waals surface area contributed by atoms with Crippen molar-refractivity contribution in [1.29, 1.82) is 0 Å². The van der Waals surface area contributed by atoms with Crippen molar-refractivity contribution in [2.24, 2.45) is 0 Å². The molecule has 4 aromatic rings. The molecule has 142 valence electrons. The zero-order chi connectivity index (χ0) is 19.7. The second-order valence-electron chi connectivity index (χ2n) is 6.18. The van der Waals surface area contributed by atoms with Crippen LogP contribution in [0, 0.1) is 5.82 Å². The summed E-state index contributed by atoms with van der Waals surface area (Å²) in [5, 5.41) is 0.